The summed E-state index contributed by atoms with van der Waals surface area (Å²) < 4.78 is 11.4. The van der Waals surface area contributed by atoms with Crippen molar-refractivity contribution in [2.75, 3.05) is 0 Å². The van der Waals surface area contributed by atoms with E-state index in [2.05, 4.69) is 42.5 Å². The Kier molecular flexibility index (Phi) is 5.10. The Labute approximate surface area is 148 Å². The van der Waals surface area contributed by atoms with Gasteiger partial charge in [-0.2, -0.15) is 0 Å². The van der Waals surface area contributed by atoms with Crippen LogP contribution in [0, 0.1) is 10.8 Å². The summed E-state index contributed by atoms with van der Waals surface area (Å²) in [5, 5.41) is 9.51. The molecular formula is C18H29IO3. The van der Waals surface area contributed by atoms with Gasteiger partial charge in [-0.3, -0.25) is 0 Å². The number of rotatable bonds is 2. The molecule has 1 saturated heterocycles. The first-order chi connectivity index (χ1) is 10.4. The lowest BCUT2D eigenvalue weighted by Gasteiger charge is -2.34. The van der Waals surface area contributed by atoms with E-state index in [4.69, 9.17) is 9.47 Å². The van der Waals surface area contributed by atoms with Crippen LogP contribution in [0.4, 0.5) is 0 Å². The summed E-state index contributed by atoms with van der Waals surface area (Å²) in [5.41, 5.74) is 0.947. The quantitative estimate of drug-likeness (QED) is 0.526. The first-order valence-electron chi connectivity index (χ1n) is 8.71. The van der Waals surface area contributed by atoms with Crippen LogP contribution in [0.5, 0.6) is 0 Å². The molecule has 3 fully saturated rings. The third kappa shape index (κ3) is 3.99. The third-order valence-electron chi connectivity index (χ3n) is 5.88. The summed E-state index contributed by atoms with van der Waals surface area (Å²) in [4.78, 5) is 0. The van der Waals surface area contributed by atoms with Crippen molar-refractivity contribution >= 4 is 22.6 Å². The summed E-state index contributed by atoms with van der Waals surface area (Å²) >= 11 is 2.27. The van der Waals surface area contributed by atoms with E-state index in [1.165, 1.54) is 38.5 Å². The zero-order valence-corrected chi connectivity index (χ0v) is 15.9. The van der Waals surface area contributed by atoms with Gasteiger partial charge in [-0.05, 0) is 62.9 Å². The van der Waals surface area contributed by atoms with Gasteiger partial charge in [0.1, 0.15) is 6.10 Å². The van der Waals surface area contributed by atoms with Gasteiger partial charge in [0.2, 0.25) is 0 Å². The van der Waals surface area contributed by atoms with Crippen LogP contribution < -0.4 is 0 Å². The molecule has 0 radical (unpaired) electrons. The first-order valence-corrected chi connectivity index (χ1v) is 9.96. The maximum absolute atomic E-state index is 9.51. The van der Waals surface area contributed by atoms with Crippen LogP contribution in [-0.4, -0.2) is 27.5 Å². The maximum Gasteiger partial charge on any atom is 0.166 e. The van der Waals surface area contributed by atoms with Crippen molar-refractivity contribution in [3.05, 3.63) is 12.3 Å². The number of aliphatic hydroxyl groups is 1. The number of hydrogen-bond donors (Lipinski definition) is 1. The zero-order chi connectivity index (χ0) is 15.8. The minimum absolute atomic E-state index is 0.293. The number of ether oxygens (including phenoxy) is 2. The summed E-state index contributed by atoms with van der Waals surface area (Å²) in [6, 6.07) is 0. The summed E-state index contributed by atoms with van der Waals surface area (Å²) in [6.45, 7) is 4.59. The van der Waals surface area contributed by atoms with Crippen molar-refractivity contribution in [1.82, 2.24) is 0 Å². The Morgan fingerprint density at radius 3 is 2.14 bits per heavy atom. The van der Waals surface area contributed by atoms with Crippen molar-refractivity contribution in [3.63, 3.8) is 0 Å². The Bertz CT molecular complexity index is 415. The lowest BCUT2D eigenvalue weighted by atomic mass is 9.94. The minimum atomic E-state index is -0.526. The van der Waals surface area contributed by atoms with Gasteiger partial charge >= 0.3 is 0 Å². The van der Waals surface area contributed by atoms with E-state index in [1.807, 2.05) is 6.26 Å². The third-order valence-corrected chi connectivity index (χ3v) is 7.12. The fourth-order valence-corrected chi connectivity index (χ4v) is 3.90. The van der Waals surface area contributed by atoms with Gasteiger partial charge in [0.25, 0.3) is 0 Å². The van der Waals surface area contributed by atoms with Gasteiger partial charge in [0.15, 0.2) is 6.29 Å². The van der Waals surface area contributed by atoms with Crippen LogP contribution in [-0.2, 0) is 9.47 Å². The van der Waals surface area contributed by atoms with E-state index in [-0.39, 0.29) is 0 Å². The van der Waals surface area contributed by atoms with Crippen molar-refractivity contribution in [3.8, 4) is 0 Å². The molecule has 4 heteroatoms. The summed E-state index contributed by atoms with van der Waals surface area (Å²) in [7, 11) is 0. The van der Waals surface area contributed by atoms with Crippen LogP contribution >= 0.6 is 22.6 Å². The number of aliphatic hydroxyl groups excluding tert-OH is 1. The van der Waals surface area contributed by atoms with Crippen LogP contribution in [0.25, 0.3) is 0 Å². The van der Waals surface area contributed by atoms with Crippen LogP contribution in [0.2, 0.25) is 0 Å². The molecule has 2 unspecified atom stereocenters. The van der Waals surface area contributed by atoms with Crippen LogP contribution in [0.3, 0.4) is 0 Å². The largest absolute Gasteiger partial charge is 0.498 e. The average Bonchev–Trinajstić information content (AvgIpc) is 3.44. The van der Waals surface area contributed by atoms with Crippen molar-refractivity contribution in [2.24, 2.45) is 10.8 Å². The molecule has 2 heterocycles. The molecule has 0 aromatic heterocycles. The number of halogens is 1. The molecule has 22 heavy (non-hydrogen) atoms. The smallest absolute Gasteiger partial charge is 0.166 e. The van der Waals surface area contributed by atoms with E-state index in [1.54, 1.807) is 0 Å². The molecule has 0 spiro atoms. The monoisotopic (exact) mass is 420 g/mol. The molecule has 3 nitrogen and oxygen atoms in total. The molecule has 0 bridgehead atoms. The van der Waals surface area contributed by atoms with Gasteiger partial charge in [0.05, 0.1) is 16.3 Å². The standard InChI is InChI=1S/C9H15IO2.C9H14O/c1-9(4-5-9)7-3-2-6(10)8(11)12-7;1-9(5-6-9)8-4-2-3-7-10-8/h6-8,11H,2-5H2,1H3;3,7-8H,2,4-6H2,1H3/t6?,7-,8?;8-/m00/s1. The van der Waals surface area contributed by atoms with E-state index >= 15 is 0 Å². The Morgan fingerprint density at radius 2 is 1.64 bits per heavy atom. The lowest BCUT2D eigenvalue weighted by Crippen LogP contribution is -2.39. The predicted octanol–water partition coefficient (Wildman–Crippen LogP) is 4.57. The molecule has 126 valence electrons. The normalized spacial score (nSPS) is 40.9. The molecule has 0 aromatic rings. The number of alkyl halides is 1. The second kappa shape index (κ2) is 6.60. The fraction of sp³-hybridized carbons (Fsp3) is 0.889. The highest BCUT2D eigenvalue weighted by atomic mass is 127. The zero-order valence-electron chi connectivity index (χ0n) is 13.8. The highest BCUT2D eigenvalue weighted by Crippen LogP contribution is 2.52. The molecule has 4 rings (SSSR count). The summed E-state index contributed by atoms with van der Waals surface area (Å²) in [5.74, 6) is 0. The van der Waals surface area contributed by atoms with Gasteiger partial charge < -0.3 is 14.6 Å². The summed E-state index contributed by atoms with van der Waals surface area (Å²) in [6.07, 6.45) is 14.2. The van der Waals surface area contributed by atoms with E-state index in [0.717, 1.165) is 12.8 Å². The molecular weight excluding hydrogens is 391 g/mol. The Balaban J connectivity index is 0.000000133. The molecule has 4 atom stereocenters. The molecule has 4 aliphatic rings. The topological polar surface area (TPSA) is 38.7 Å². The van der Waals surface area contributed by atoms with Gasteiger partial charge in [-0.25, -0.2) is 0 Å². The molecule has 2 aliphatic heterocycles. The minimum Gasteiger partial charge on any atom is -0.498 e. The fourth-order valence-electron chi connectivity index (χ4n) is 3.37. The SMILES string of the molecule is CC1([C@@H]2CCC(I)C(O)O2)CC1.CC1([C@@H]2CCC=CO2)CC1. The average molecular weight is 420 g/mol. The molecule has 0 aromatic carbocycles. The second-order valence-electron chi connectivity index (χ2n) is 7.99. The molecule has 2 saturated carbocycles. The molecule has 1 N–H and O–H groups in total. The van der Waals surface area contributed by atoms with Gasteiger partial charge in [-0.1, -0.05) is 36.4 Å². The van der Waals surface area contributed by atoms with Crippen LogP contribution in [0.15, 0.2) is 12.3 Å². The van der Waals surface area contributed by atoms with Gasteiger partial charge in [-0.15, -0.1) is 0 Å². The highest BCUT2D eigenvalue weighted by Gasteiger charge is 2.48. The van der Waals surface area contributed by atoms with Crippen LogP contribution in [0.1, 0.15) is 65.2 Å². The number of hydrogen-bond acceptors (Lipinski definition) is 3. The first kappa shape index (κ1) is 17.0. The number of allylic oxidation sites excluding steroid dienone is 1. The van der Waals surface area contributed by atoms with E-state index < -0.39 is 6.29 Å². The highest BCUT2D eigenvalue weighted by molar-refractivity contribution is 14.1. The second-order valence-corrected chi connectivity index (χ2v) is 9.59. The van der Waals surface area contributed by atoms with Crippen molar-refractivity contribution in [2.45, 2.75) is 87.6 Å². The predicted molar refractivity (Wildman–Crippen MR) is 95.9 cm³/mol. The van der Waals surface area contributed by atoms with Crippen molar-refractivity contribution in [1.29, 1.82) is 0 Å². The molecule has 2 aliphatic carbocycles. The van der Waals surface area contributed by atoms with E-state index in [0.29, 0.717) is 27.0 Å². The Hall–Kier alpha value is 0.190. The van der Waals surface area contributed by atoms with Gasteiger partial charge in [0, 0.05) is 5.41 Å². The van der Waals surface area contributed by atoms with Crippen molar-refractivity contribution < 1.29 is 14.6 Å². The maximum atomic E-state index is 9.51. The Morgan fingerprint density at radius 1 is 1.00 bits per heavy atom. The lowest BCUT2D eigenvalue weighted by molar-refractivity contribution is -0.173. The molecule has 0 amide bonds. The van der Waals surface area contributed by atoms with E-state index in [9.17, 15) is 5.11 Å².